The zero-order valence-corrected chi connectivity index (χ0v) is 20.5. The van der Waals surface area contributed by atoms with Crippen molar-refractivity contribution in [2.24, 2.45) is 0 Å². The molecule has 27 heavy (non-hydrogen) atoms. The number of carbonyl (C=O) groups excluding carboxylic acids is 1. The van der Waals surface area contributed by atoms with Gasteiger partial charge in [0.05, 0.1) is 15.8 Å². The van der Waals surface area contributed by atoms with E-state index in [-0.39, 0.29) is 11.0 Å². The smallest absolute Gasteiger partial charge is 0.258 e. The van der Waals surface area contributed by atoms with Crippen LogP contribution in [0.4, 0.5) is 5.13 Å². The maximum atomic E-state index is 12.5. The molecular formula is C19H17I2N3OS2. The molecule has 0 fully saturated rings. The molecule has 2 aromatic carbocycles. The number of benzene rings is 2. The summed E-state index contributed by atoms with van der Waals surface area (Å²) < 4.78 is 3.00. The molecule has 1 aromatic heterocycles. The first-order valence-corrected chi connectivity index (χ1v) is 11.8. The SMILES string of the molecule is CCCCc1ccc2nc(NC(=S)NC(=O)c3cc(I)ccc3I)sc2c1. The highest BCUT2D eigenvalue weighted by molar-refractivity contribution is 14.1. The van der Waals surface area contributed by atoms with E-state index in [0.717, 1.165) is 23.8 Å². The van der Waals surface area contributed by atoms with Crippen LogP contribution < -0.4 is 10.6 Å². The molecule has 8 heteroatoms. The summed E-state index contributed by atoms with van der Waals surface area (Å²) in [5.41, 5.74) is 2.87. The summed E-state index contributed by atoms with van der Waals surface area (Å²) in [6, 6.07) is 12.1. The van der Waals surface area contributed by atoms with Crippen LogP contribution >= 0.6 is 68.7 Å². The summed E-state index contributed by atoms with van der Waals surface area (Å²) in [5.74, 6) is -0.224. The molecule has 0 aliphatic rings. The third-order valence-corrected chi connectivity index (χ3v) is 6.64. The maximum Gasteiger partial charge on any atom is 0.258 e. The number of amides is 1. The molecule has 4 nitrogen and oxygen atoms in total. The summed E-state index contributed by atoms with van der Waals surface area (Å²) in [7, 11) is 0. The standard InChI is InChI=1S/C19H17I2N3OS2/c1-2-3-4-11-5-8-15-16(9-11)27-19(22-15)24-18(26)23-17(25)13-10-12(20)6-7-14(13)21/h5-10H,2-4H2,1H3,(H2,22,23,24,25,26). The van der Waals surface area contributed by atoms with Crippen LogP contribution in [0.1, 0.15) is 35.7 Å². The van der Waals surface area contributed by atoms with Gasteiger partial charge in [0.2, 0.25) is 0 Å². The predicted molar refractivity (Wildman–Crippen MR) is 134 cm³/mol. The molecule has 0 saturated carbocycles. The van der Waals surface area contributed by atoms with Crippen molar-refractivity contribution >= 4 is 95.1 Å². The lowest BCUT2D eigenvalue weighted by Gasteiger charge is -2.08. The second-order valence-electron chi connectivity index (χ2n) is 5.96. The van der Waals surface area contributed by atoms with Gasteiger partial charge in [0, 0.05) is 7.14 Å². The van der Waals surface area contributed by atoms with E-state index >= 15 is 0 Å². The number of fused-ring (bicyclic) bond motifs is 1. The van der Waals surface area contributed by atoms with Crippen molar-refractivity contribution in [1.82, 2.24) is 10.3 Å². The Balaban J connectivity index is 1.68. The van der Waals surface area contributed by atoms with Crippen molar-refractivity contribution in [1.29, 1.82) is 0 Å². The van der Waals surface area contributed by atoms with Crippen LogP contribution in [-0.2, 0) is 6.42 Å². The zero-order chi connectivity index (χ0) is 19.4. The summed E-state index contributed by atoms with van der Waals surface area (Å²) >= 11 is 11.2. The highest BCUT2D eigenvalue weighted by Gasteiger charge is 2.13. The van der Waals surface area contributed by atoms with Gasteiger partial charge in [-0.05, 0) is 106 Å². The van der Waals surface area contributed by atoms with E-state index in [9.17, 15) is 4.79 Å². The lowest BCUT2D eigenvalue weighted by molar-refractivity contribution is 0.0977. The fourth-order valence-electron chi connectivity index (χ4n) is 2.53. The number of unbranched alkanes of at least 4 members (excludes halogenated alkanes) is 1. The van der Waals surface area contributed by atoms with Gasteiger partial charge in [0.25, 0.3) is 5.91 Å². The third-order valence-electron chi connectivity index (χ3n) is 3.89. The van der Waals surface area contributed by atoms with Crippen molar-refractivity contribution in [3.63, 3.8) is 0 Å². The fraction of sp³-hybridized carbons (Fsp3) is 0.211. The Hall–Kier alpha value is -0.850. The Labute approximate surface area is 194 Å². The average molecular weight is 621 g/mol. The molecule has 0 aliphatic carbocycles. The number of thiocarbonyl (C=S) groups is 1. The minimum Gasteiger partial charge on any atom is -0.308 e. The van der Waals surface area contributed by atoms with E-state index in [1.165, 1.54) is 29.7 Å². The molecular weight excluding hydrogens is 604 g/mol. The second kappa shape index (κ2) is 9.57. The average Bonchev–Trinajstić information content (AvgIpc) is 3.02. The number of thiazole rings is 1. The molecule has 0 unspecified atom stereocenters. The number of nitrogens with one attached hydrogen (secondary N) is 2. The minimum atomic E-state index is -0.224. The van der Waals surface area contributed by atoms with Gasteiger partial charge >= 0.3 is 0 Å². The first-order chi connectivity index (χ1) is 13.0. The first-order valence-electron chi connectivity index (χ1n) is 8.43. The van der Waals surface area contributed by atoms with E-state index in [2.05, 4.69) is 79.9 Å². The molecule has 0 aliphatic heterocycles. The van der Waals surface area contributed by atoms with Crippen LogP contribution in [-0.4, -0.2) is 16.0 Å². The summed E-state index contributed by atoms with van der Waals surface area (Å²) in [4.78, 5) is 17.0. The molecule has 3 aromatic rings. The fourth-order valence-corrected chi connectivity index (χ4v) is 4.79. The van der Waals surface area contributed by atoms with Crippen LogP contribution in [0.2, 0.25) is 0 Å². The molecule has 0 radical (unpaired) electrons. The monoisotopic (exact) mass is 621 g/mol. The lowest BCUT2D eigenvalue weighted by atomic mass is 10.1. The van der Waals surface area contributed by atoms with Crippen LogP contribution in [0.3, 0.4) is 0 Å². The van der Waals surface area contributed by atoms with Gasteiger partial charge in [-0.2, -0.15) is 0 Å². The maximum absolute atomic E-state index is 12.5. The van der Waals surface area contributed by atoms with Gasteiger partial charge in [0.15, 0.2) is 10.2 Å². The van der Waals surface area contributed by atoms with Gasteiger partial charge in [-0.15, -0.1) is 0 Å². The molecule has 0 atom stereocenters. The molecule has 3 rings (SSSR count). The highest BCUT2D eigenvalue weighted by atomic mass is 127. The first kappa shape index (κ1) is 20.9. The second-order valence-corrected chi connectivity index (χ2v) is 9.80. The topological polar surface area (TPSA) is 54.0 Å². The van der Waals surface area contributed by atoms with E-state index in [1.807, 2.05) is 24.3 Å². The van der Waals surface area contributed by atoms with Crippen LogP contribution in [0.5, 0.6) is 0 Å². The predicted octanol–water partition coefficient (Wildman–Crippen LogP) is 5.97. The van der Waals surface area contributed by atoms with Gasteiger partial charge in [-0.25, -0.2) is 4.98 Å². The van der Waals surface area contributed by atoms with Gasteiger partial charge in [-0.3, -0.25) is 10.1 Å². The molecule has 140 valence electrons. The molecule has 0 bridgehead atoms. The Morgan fingerprint density at radius 2 is 2.04 bits per heavy atom. The summed E-state index contributed by atoms with van der Waals surface area (Å²) in [6.07, 6.45) is 3.44. The number of nitrogens with zero attached hydrogens (tertiary/aromatic N) is 1. The van der Waals surface area contributed by atoms with Crippen LogP contribution in [0.15, 0.2) is 36.4 Å². The number of carbonyl (C=O) groups is 1. The quantitative estimate of drug-likeness (QED) is 0.272. The summed E-state index contributed by atoms with van der Waals surface area (Å²) in [6.45, 7) is 2.19. The normalized spacial score (nSPS) is 10.8. The highest BCUT2D eigenvalue weighted by Crippen LogP contribution is 2.27. The number of rotatable bonds is 5. The Morgan fingerprint density at radius 1 is 1.22 bits per heavy atom. The number of aromatic nitrogens is 1. The van der Waals surface area contributed by atoms with Gasteiger partial charge in [-0.1, -0.05) is 30.7 Å². The third kappa shape index (κ3) is 5.58. The van der Waals surface area contributed by atoms with Gasteiger partial charge < -0.3 is 5.32 Å². The van der Waals surface area contributed by atoms with Crippen molar-refractivity contribution in [2.45, 2.75) is 26.2 Å². The molecule has 0 saturated heterocycles. The van der Waals surface area contributed by atoms with Crippen molar-refractivity contribution in [3.8, 4) is 0 Å². The summed E-state index contributed by atoms with van der Waals surface area (Å²) in [5, 5.41) is 6.70. The zero-order valence-electron chi connectivity index (χ0n) is 14.5. The van der Waals surface area contributed by atoms with Crippen LogP contribution in [0.25, 0.3) is 10.2 Å². The Morgan fingerprint density at radius 3 is 2.81 bits per heavy atom. The molecule has 1 amide bonds. The minimum absolute atomic E-state index is 0.224. The van der Waals surface area contributed by atoms with Crippen molar-refractivity contribution in [2.75, 3.05) is 5.32 Å². The van der Waals surface area contributed by atoms with Crippen molar-refractivity contribution in [3.05, 3.63) is 54.7 Å². The number of halogens is 2. The number of hydrogen-bond donors (Lipinski definition) is 2. The van der Waals surface area contributed by atoms with E-state index in [0.29, 0.717) is 10.7 Å². The Kier molecular flexibility index (Phi) is 7.40. The molecule has 1 heterocycles. The number of hydrogen-bond acceptors (Lipinski definition) is 4. The van der Waals surface area contributed by atoms with E-state index < -0.39 is 0 Å². The Bertz CT molecular complexity index is 1000. The number of aryl methyl sites for hydroxylation is 1. The van der Waals surface area contributed by atoms with Crippen molar-refractivity contribution < 1.29 is 4.79 Å². The number of anilines is 1. The molecule has 0 spiro atoms. The molecule has 2 N–H and O–H groups in total. The van der Waals surface area contributed by atoms with Gasteiger partial charge in [0.1, 0.15) is 0 Å². The largest absolute Gasteiger partial charge is 0.308 e. The van der Waals surface area contributed by atoms with Crippen LogP contribution in [0, 0.1) is 7.14 Å². The van der Waals surface area contributed by atoms with E-state index in [4.69, 9.17) is 12.2 Å². The van der Waals surface area contributed by atoms with E-state index in [1.54, 1.807) is 0 Å². The lowest BCUT2D eigenvalue weighted by Crippen LogP contribution is -2.34.